The van der Waals surface area contributed by atoms with Gasteiger partial charge in [0.15, 0.2) is 0 Å². The predicted octanol–water partition coefficient (Wildman–Crippen LogP) is 4.81. The second kappa shape index (κ2) is 8.20. The number of anilines is 1. The molecule has 0 aromatic heterocycles. The summed E-state index contributed by atoms with van der Waals surface area (Å²) >= 11 is 17.8. The van der Waals surface area contributed by atoms with Gasteiger partial charge in [-0.1, -0.05) is 40.9 Å². The number of rotatable bonds is 5. The minimum Gasteiger partial charge on any atom is -0.349 e. The highest BCUT2D eigenvalue weighted by Gasteiger charge is 2.16. The zero-order valence-corrected chi connectivity index (χ0v) is 14.7. The monoisotopic (exact) mass is 382 g/mol. The number of nitrogens with one attached hydrogen (secondary N) is 2. The van der Waals surface area contributed by atoms with Crippen LogP contribution in [0.5, 0.6) is 0 Å². The normalized spacial score (nSPS) is 10.1. The molecule has 0 heterocycles. The lowest BCUT2D eigenvalue weighted by Gasteiger charge is -2.12. The van der Waals surface area contributed by atoms with Crippen LogP contribution in [0.15, 0.2) is 49.1 Å². The summed E-state index contributed by atoms with van der Waals surface area (Å²) in [5.74, 6) is -0.841. The summed E-state index contributed by atoms with van der Waals surface area (Å²) in [6, 6.07) is 9.13. The SMILES string of the molecule is C=CCNC(=O)c1cc(Cl)ccc1NC(=O)c1ccc(Cl)cc1Cl. The second-order valence-corrected chi connectivity index (χ2v) is 6.05. The molecular formula is C17H13Cl3N2O2. The fraction of sp³-hybridized carbons (Fsp3) is 0.0588. The third-order valence-corrected chi connectivity index (χ3v) is 3.84. The van der Waals surface area contributed by atoms with E-state index in [1.54, 1.807) is 24.3 Å². The zero-order valence-electron chi connectivity index (χ0n) is 12.4. The number of hydrogen-bond acceptors (Lipinski definition) is 2. The van der Waals surface area contributed by atoms with Crippen molar-refractivity contribution in [2.24, 2.45) is 0 Å². The van der Waals surface area contributed by atoms with Crippen molar-refractivity contribution >= 4 is 52.3 Å². The number of hydrogen-bond donors (Lipinski definition) is 2. The first-order valence-corrected chi connectivity index (χ1v) is 8.01. The van der Waals surface area contributed by atoms with Gasteiger partial charge in [0.1, 0.15) is 0 Å². The first kappa shape index (κ1) is 18.3. The van der Waals surface area contributed by atoms with E-state index in [0.29, 0.717) is 22.3 Å². The lowest BCUT2D eigenvalue weighted by molar-refractivity contribution is 0.0959. The summed E-state index contributed by atoms with van der Waals surface area (Å²) in [5.41, 5.74) is 0.799. The first-order valence-electron chi connectivity index (χ1n) is 6.87. The highest BCUT2D eigenvalue weighted by molar-refractivity contribution is 6.37. The van der Waals surface area contributed by atoms with E-state index in [0.717, 1.165) is 0 Å². The van der Waals surface area contributed by atoms with Crippen LogP contribution in [0.2, 0.25) is 15.1 Å². The number of carbonyl (C=O) groups is 2. The smallest absolute Gasteiger partial charge is 0.257 e. The van der Waals surface area contributed by atoms with Crippen molar-refractivity contribution < 1.29 is 9.59 Å². The van der Waals surface area contributed by atoms with E-state index in [4.69, 9.17) is 34.8 Å². The maximum atomic E-state index is 12.4. The van der Waals surface area contributed by atoms with Gasteiger partial charge >= 0.3 is 0 Å². The Morgan fingerprint density at radius 1 is 0.958 bits per heavy atom. The molecule has 0 spiro atoms. The van der Waals surface area contributed by atoms with Crippen LogP contribution in [0.25, 0.3) is 0 Å². The van der Waals surface area contributed by atoms with Crippen molar-refractivity contribution in [2.75, 3.05) is 11.9 Å². The van der Waals surface area contributed by atoms with Gasteiger partial charge in [-0.2, -0.15) is 0 Å². The van der Waals surface area contributed by atoms with E-state index in [2.05, 4.69) is 17.2 Å². The zero-order chi connectivity index (χ0) is 17.7. The molecule has 0 aliphatic rings. The Labute approximate surface area is 154 Å². The molecule has 2 N–H and O–H groups in total. The molecule has 7 heteroatoms. The fourth-order valence-corrected chi connectivity index (χ4v) is 2.60. The maximum absolute atomic E-state index is 12.4. The molecular weight excluding hydrogens is 371 g/mol. The van der Waals surface area contributed by atoms with Crippen LogP contribution < -0.4 is 10.6 Å². The van der Waals surface area contributed by atoms with Crippen molar-refractivity contribution in [2.45, 2.75) is 0 Å². The summed E-state index contributed by atoms with van der Waals surface area (Å²) in [6.45, 7) is 3.83. The lowest BCUT2D eigenvalue weighted by Crippen LogP contribution is -2.25. The number of carbonyl (C=O) groups excluding carboxylic acids is 2. The molecule has 24 heavy (non-hydrogen) atoms. The molecule has 0 fully saturated rings. The van der Waals surface area contributed by atoms with Crippen molar-refractivity contribution in [1.82, 2.24) is 5.32 Å². The molecule has 0 aliphatic carbocycles. The molecule has 2 amide bonds. The van der Waals surface area contributed by atoms with Gasteiger partial charge in [0.2, 0.25) is 0 Å². The van der Waals surface area contributed by atoms with E-state index in [1.165, 1.54) is 18.2 Å². The minimum absolute atomic E-state index is 0.214. The third kappa shape index (κ3) is 4.51. The van der Waals surface area contributed by atoms with E-state index in [-0.39, 0.29) is 22.1 Å². The van der Waals surface area contributed by atoms with Gasteiger partial charge in [-0.05, 0) is 36.4 Å². The molecule has 0 saturated carbocycles. The Bertz CT molecular complexity index is 806. The Balaban J connectivity index is 2.30. The molecule has 124 valence electrons. The van der Waals surface area contributed by atoms with Crippen molar-refractivity contribution in [3.05, 3.63) is 75.2 Å². The van der Waals surface area contributed by atoms with Gasteiger partial charge in [0.25, 0.3) is 11.8 Å². The Morgan fingerprint density at radius 2 is 1.62 bits per heavy atom. The first-order chi connectivity index (χ1) is 11.4. The molecule has 0 radical (unpaired) electrons. The van der Waals surface area contributed by atoms with Gasteiger partial charge < -0.3 is 10.6 Å². The summed E-state index contributed by atoms with van der Waals surface area (Å²) in [5, 5.41) is 6.31. The number of halogens is 3. The quantitative estimate of drug-likeness (QED) is 0.728. The molecule has 2 aromatic rings. The van der Waals surface area contributed by atoms with Crippen LogP contribution in [-0.4, -0.2) is 18.4 Å². The predicted molar refractivity (Wildman–Crippen MR) is 98.4 cm³/mol. The van der Waals surface area contributed by atoms with E-state index in [9.17, 15) is 9.59 Å². The average Bonchev–Trinajstić information content (AvgIpc) is 2.54. The molecule has 0 unspecified atom stereocenters. The standard InChI is InChI=1S/C17H13Cl3N2O2/c1-2-7-21-16(23)13-8-10(18)4-6-15(13)22-17(24)12-5-3-11(19)9-14(12)20/h2-6,8-9H,1,7H2,(H,21,23)(H,22,24). The van der Waals surface area contributed by atoms with E-state index in [1.807, 2.05) is 0 Å². The van der Waals surface area contributed by atoms with Gasteiger partial charge in [0.05, 0.1) is 21.8 Å². The topological polar surface area (TPSA) is 58.2 Å². The van der Waals surface area contributed by atoms with Gasteiger partial charge in [-0.15, -0.1) is 6.58 Å². The van der Waals surface area contributed by atoms with Gasteiger partial charge in [-0.3, -0.25) is 9.59 Å². The molecule has 2 rings (SSSR count). The molecule has 0 aliphatic heterocycles. The van der Waals surface area contributed by atoms with Crippen LogP contribution >= 0.6 is 34.8 Å². The Morgan fingerprint density at radius 3 is 2.29 bits per heavy atom. The highest BCUT2D eigenvalue weighted by Crippen LogP contribution is 2.24. The summed E-state index contributed by atoms with van der Waals surface area (Å²) in [6.07, 6.45) is 1.55. The lowest BCUT2D eigenvalue weighted by atomic mass is 10.1. The van der Waals surface area contributed by atoms with Crippen LogP contribution in [0.4, 0.5) is 5.69 Å². The third-order valence-electron chi connectivity index (χ3n) is 3.06. The van der Waals surface area contributed by atoms with Crippen molar-refractivity contribution in [3.8, 4) is 0 Å². The molecule has 0 atom stereocenters. The fourth-order valence-electron chi connectivity index (χ4n) is 1.94. The van der Waals surface area contributed by atoms with Crippen LogP contribution in [0, 0.1) is 0 Å². The van der Waals surface area contributed by atoms with E-state index >= 15 is 0 Å². The summed E-state index contributed by atoms with van der Waals surface area (Å²) in [7, 11) is 0. The van der Waals surface area contributed by atoms with Crippen molar-refractivity contribution in [3.63, 3.8) is 0 Å². The van der Waals surface area contributed by atoms with Crippen LogP contribution in [0.3, 0.4) is 0 Å². The minimum atomic E-state index is -0.461. The Kier molecular flexibility index (Phi) is 6.26. The van der Waals surface area contributed by atoms with Crippen LogP contribution in [-0.2, 0) is 0 Å². The molecule has 0 saturated heterocycles. The molecule has 0 bridgehead atoms. The largest absolute Gasteiger partial charge is 0.349 e. The van der Waals surface area contributed by atoms with Crippen LogP contribution in [0.1, 0.15) is 20.7 Å². The van der Waals surface area contributed by atoms with Gasteiger partial charge in [-0.25, -0.2) is 0 Å². The molecule has 2 aromatic carbocycles. The van der Waals surface area contributed by atoms with Crippen molar-refractivity contribution in [1.29, 1.82) is 0 Å². The Hall–Kier alpha value is -2.01. The second-order valence-electron chi connectivity index (χ2n) is 4.77. The maximum Gasteiger partial charge on any atom is 0.257 e. The average molecular weight is 384 g/mol. The molecule has 4 nitrogen and oxygen atoms in total. The number of amides is 2. The summed E-state index contributed by atoms with van der Waals surface area (Å²) < 4.78 is 0. The number of benzene rings is 2. The summed E-state index contributed by atoms with van der Waals surface area (Å²) in [4.78, 5) is 24.6. The highest BCUT2D eigenvalue weighted by atomic mass is 35.5. The van der Waals surface area contributed by atoms with Gasteiger partial charge in [0, 0.05) is 16.6 Å². The van der Waals surface area contributed by atoms with E-state index < -0.39 is 5.91 Å².